The smallest absolute Gasteiger partial charge is 0.270 e. The van der Waals surface area contributed by atoms with Crippen LogP contribution in [0.15, 0.2) is 24.5 Å². The molecule has 0 aromatic carbocycles. The van der Waals surface area contributed by atoms with Crippen molar-refractivity contribution in [3.63, 3.8) is 0 Å². The number of nitrogens with one attached hydrogen (secondary N) is 3. The minimum atomic E-state index is -0.0672. The fourth-order valence-corrected chi connectivity index (χ4v) is 3.30. The normalized spacial score (nSPS) is 26.2. The van der Waals surface area contributed by atoms with E-state index in [4.69, 9.17) is 0 Å². The summed E-state index contributed by atoms with van der Waals surface area (Å²) < 4.78 is 0. The molecule has 2 fully saturated rings. The fraction of sp³-hybridized carbons (Fsp3) is 0.429. The largest absolute Gasteiger partial charge is 0.360 e. The van der Waals surface area contributed by atoms with Crippen LogP contribution in [0.4, 0.5) is 0 Å². The highest BCUT2D eigenvalue weighted by Gasteiger charge is 2.39. The van der Waals surface area contributed by atoms with Crippen LogP contribution in [0.25, 0.3) is 10.9 Å². The number of nitrogens with zero attached hydrogens (tertiary/aromatic N) is 1. The number of aromatic nitrogens is 2. The van der Waals surface area contributed by atoms with Crippen molar-refractivity contribution in [1.29, 1.82) is 0 Å². The van der Waals surface area contributed by atoms with Crippen LogP contribution in [-0.2, 0) is 0 Å². The number of carbonyl (C=O) groups excluding carboxylic acids is 1. The quantitative estimate of drug-likeness (QED) is 0.790. The van der Waals surface area contributed by atoms with Gasteiger partial charge in [0.1, 0.15) is 5.69 Å². The molecule has 0 spiro atoms. The predicted octanol–water partition coefficient (Wildman–Crippen LogP) is 2.03. The van der Waals surface area contributed by atoms with Gasteiger partial charge in [0.15, 0.2) is 0 Å². The van der Waals surface area contributed by atoms with Crippen molar-refractivity contribution in [1.82, 2.24) is 20.6 Å². The maximum absolute atomic E-state index is 12.2. The van der Waals surface area contributed by atoms with Crippen LogP contribution in [-0.4, -0.2) is 34.0 Å². The number of pyridine rings is 1. The Balaban J connectivity index is 0.000000807. The van der Waals surface area contributed by atoms with Crippen molar-refractivity contribution in [2.24, 2.45) is 0 Å². The highest BCUT2D eigenvalue weighted by atomic mass is 35.5. The van der Waals surface area contributed by atoms with Crippen LogP contribution < -0.4 is 10.6 Å². The van der Waals surface area contributed by atoms with E-state index in [-0.39, 0.29) is 36.8 Å². The van der Waals surface area contributed by atoms with Gasteiger partial charge in [0, 0.05) is 29.7 Å². The van der Waals surface area contributed by atoms with Gasteiger partial charge in [-0.25, -0.2) is 4.98 Å². The van der Waals surface area contributed by atoms with Crippen LogP contribution in [0.5, 0.6) is 0 Å². The number of aromatic amines is 1. The molecule has 1 amide bonds. The summed E-state index contributed by atoms with van der Waals surface area (Å²) in [5.41, 5.74) is 1.45. The number of halogens is 2. The third kappa shape index (κ3) is 2.86. The molecule has 2 aliphatic rings. The van der Waals surface area contributed by atoms with Crippen LogP contribution in [0.3, 0.4) is 0 Å². The van der Waals surface area contributed by atoms with Gasteiger partial charge in [-0.05, 0) is 31.4 Å². The summed E-state index contributed by atoms with van der Waals surface area (Å²) in [5.74, 6) is -0.0672. The van der Waals surface area contributed by atoms with Gasteiger partial charge in [-0.15, -0.1) is 24.8 Å². The summed E-state index contributed by atoms with van der Waals surface area (Å²) in [5, 5.41) is 7.65. The number of H-pyrrole nitrogens is 1. The molecule has 2 aliphatic heterocycles. The van der Waals surface area contributed by atoms with Gasteiger partial charge in [-0.1, -0.05) is 0 Å². The van der Waals surface area contributed by atoms with Gasteiger partial charge in [0.2, 0.25) is 0 Å². The first-order chi connectivity index (χ1) is 9.29. The maximum atomic E-state index is 12.2. The number of rotatable bonds is 2. The Labute approximate surface area is 135 Å². The summed E-state index contributed by atoms with van der Waals surface area (Å²) in [6, 6.07) is 5.09. The van der Waals surface area contributed by atoms with E-state index in [0.717, 1.165) is 17.3 Å². The third-order valence-corrected chi connectivity index (χ3v) is 4.29. The molecule has 2 aromatic heterocycles. The zero-order valence-corrected chi connectivity index (χ0v) is 13.0. The monoisotopic (exact) mass is 328 g/mol. The van der Waals surface area contributed by atoms with E-state index in [9.17, 15) is 4.79 Å². The lowest BCUT2D eigenvalue weighted by molar-refractivity contribution is 0.0926. The van der Waals surface area contributed by atoms with Crippen LogP contribution >= 0.6 is 24.8 Å². The molecule has 4 rings (SSSR count). The Morgan fingerprint density at radius 1 is 1.33 bits per heavy atom. The number of fused-ring (bicyclic) bond motifs is 3. The first-order valence-corrected chi connectivity index (χ1v) is 6.79. The second-order valence-electron chi connectivity index (χ2n) is 5.50. The summed E-state index contributed by atoms with van der Waals surface area (Å²) in [4.78, 5) is 19.5. The minimum Gasteiger partial charge on any atom is -0.360 e. The summed E-state index contributed by atoms with van der Waals surface area (Å²) in [7, 11) is 0. The van der Waals surface area contributed by atoms with Crippen molar-refractivity contribution in [2.45, 2.75) is 37.4 Å². The molecule has 3 atom stereocenters. The highest BCUT2D eigenvalue weighted by molar-refractivity contribution is 5.96. The van der Waals surface area contributed by atoms with Crippen molar-refractivity contribution in [2.75, 3.05) is 0 Å². The molecule has 0 radical (unpaired) electrons. The van der Waals surface area contributed by atoms with Gasteiger partial charge < -0.3 is 15.6 Å². The lowest BCUT2D eigenvalue weighted by Crippen LogP contribution is -2.43. The average molecular weight is 329 g/mol. The molecule has 0 aliphatic carbocycles. The fourth-order valence-electron chi connectivity index (χ4n) is 3.30. The van der Waals surface area contributed by atoms with E-state index in [0.29, 0.717) is 17.8 Å². The second kappa shape index (κ2) is 6.22. The minimum absolute atomic E-state index is 0. The van der Waals surface area contributed by atoms with E-state index in [1.165, 1.54) is 12.8 Å². The Morgan fingerprint density at radius 2 is 2.19 bits per heavy atom. The van der Waals surface area contributed by atoms with Gasteiger partial charge in [0.05, 0.1) is 11.7 Å². The van der Waals surface area contributed by atoms with E-state index in [1.54, 1.807) is 6.20 Å². The third-order valence-electron chi connectivity index (χ3n) is 4.29. The molecule has 5 nitrogen and oxygen atoms in total. The molecule has 2 aromatic rings. The molecule has 114 valence electrons. The Hall–Kier alpha value is -1.30. The Bertz CT molecular complexity index is 645. The number of hydrogen-bond acceptors (Lipinski definition) is 3. The van der Waals surface area contributed by atoms with Gasteiger partial charge >= 0.3 is 0 Å². The zero-order chi connectivity index (χ0) is 12.8. The number of amides is 1. The van der Waals surface area contributed by atoms with Crippen molar-refractivity contribution < 1.29 is 4.79 Å². The first kappa shape index (κ1) is 16.1. The van der Waals surface area contributed by atoms with Crippen LogP contribution in [0.2, 0.25) is 0 Å². The molecule has 21 heavy (non-hydrogen) atoms. The Morgan fingerprint density at radius 3 is 2.90 bits per heavy atom. The zero-order valence-electron chi connectivity index (χ0n) is 11.3. The lowest BCUT2D eigenvalue weighted by atomic mass is 9.95. The topological polar surface area (TPSA) is 69.8 Å². The first-order valence-electron chi connectivity index (χ1n) is 6.79. The summed E-state index contributed by atoms with van der Waals surface area (Å²) in [6.07, 6.45) is 7.02. The van der Waals surface area contributed by atoms with Crippen molar-refractivity contribution in [3.8, 4) is 0 Å². The summed E-state index contributed by atoms with van der Waals surface area (Å²) in [6.45, 7) is 0. The molecule has 3 N–H and O–H groups in total. The average Bonchev–Trinajstić information content (AvgIpc) is 3.13. The van der Waals surface area contributed by atoms with E-state index in [2.05, 4.69) is 20.6 Å². The van der Waals surface area contributed by atoms with Gasteiger partial charge in [0.25, 0.3) is 5.91 Å². The molecule has 0 saturated carbocycles. The van der Waals surface area contributed by atoms with Crippen molar-refractivity contribution in [3.05, 3.63) is 30.2 Å². The van der Waals surface area contributed by atoms with Crippen molar-refractivity contribution >= 4 is 41.6 Å². The van der Waals surface area contributed by atoms with Crippen LogP contribution in [0.1, 0.15) is 29.8 Å². The molecular formula is C14H18Cl2N4O. The Kier molecular flexibility index (Phi) is 4.76. The molecule has 7 heteroatoms. The number of carbonyl (C=O) groups is 1. The molecule has 2 bridgehead atoms. The highest BCUT2D eigenvalue weighted by Crippen LogP contribution is 2.28. The lowest BCUT2D eigenvalue weighted by Gasteiger charge is -2.21. The van der Waals surface area contributed by atoms with E-state index in [1.807, 2.05) is 18.3 Å². The predicted molar refractivity (Wildman–Crippen MR) is 86.4 cm³/mol. The standard InChI is InChI=1S/C14H16N4O.2ClH/c19-14(18-11-6-9-1-2-10(11)17-9)12-5-8-3-4-15-13(8)7-16-12;;/h3-5,7,9-11,15,17H,1-2,6H2,(H,18,19);2*1H/t9-,10+,11-;;/m1../s1. The second-order valence-corrected chi connectivity index (χ2v) is 5.50. The maximum Gasteiger partial charge on any atom is 0.270 e. The van der Waals surface area contributed by atoms with E-state index >= 15 is 0 Å². The van der Waals surface area contributed by atoms with Gasteiger partial charge in [-0.3, -0.25) is 4.79 Å². The molecule has 0 unspecified atom stereocenters. The van der Waals surface area contributed by atoms with E-state index < -0.39 is 0 Å². The number of hydrogen-bond donors (Lipinski definition) is 3. The SMILES string of the molecule is Cl.Cl.O=C(N[C@@H]1C[C@H]2CC[C@@H]1N2)c1cc2cc[nH]c2cn1. The van der Waals surface area contributed by atoms with Gasteiger partial charge in [-0.2, -0.15) is 0 Å². The molecule has 4 heterocycles. The molecular weight excluding hydrogens is 311 g/mol. The van der Waals surface area contributed by atoms with Crippen LogP contribution in [0, 0.1) is 0 Å². The summed E-state index contributed by atoms with van der Waals surface area (Å²) >= 11 is 0. The molecule has 2 saturated heterocycles.